The predicted octanol–water partition coefficient (Wildman–Crippen LogP) is 22.4. The average Bonchev–Trinajstić information content (AvgIpc) is 1.63. The summed E-state index contributed by atoms with van der Waals surface area (Å²) in [5, 5.41) is 10.6. The Bertz CT molecular complexity index is 1890. The fraction of sp³-hybridized carbons (Fsp3) is 0.948. The third-order valence-corrected chi connectivity index (χ3v) is 20.4. The van der Waals surface area contributed by atoms with E-state index in [1.54, 1.807) is 0 Å². The second kappa shape index (κ2) is 66.3. The second-order valence-electron chi connectivity index (χ2n) is 29.2. The molecule has 0 aromatic heterocycles. The molecule has 17 nitrogen and oxygen atoms in total. The molecule has 0 bridgehead atoms. The van der Waals surface area contributed by atoms with E-state index in [9.17, 15) is 43.2 Å². The van der Waals surface area contributed by atoms with Crippen molar-refractivity contribution in [2.45, 2.75) is 408 Å². The van der Waals surface area contributed by atoms with Gasteiger partial charge >= 0.3 is 39.5 Å². The molecule has 0 rings (SSSR count). The van der Waals surface area contributed by atoms with Crippen LogP contribution in [-0.4, -0.2) is 96.7 Å². The minimum Gasteiger partial charge on any atom is -0.462 e. The number of aliphatic hydroxyl groups excluding tert-OH is 1. The summed E-state index contributed by atoms with van der Waals surface area (Å²) >= 11 is 0. The Kier molecular flexibility index (Phi) is 65.0. The largest absolute Gasteiger partial charge is 0.472 e. The zero-order valence-electron chi connectivity index (χ0n) is 63.0. The predicted molar refractivity (Wildman–Crippen MR) is 391 cm³/mol. The van der Waals surface area contributed by atoms with E-state index in [0.717, 1.165) is 114 Å². The van der Waals surface area contributed by atoms with Gasteiger partial charge in [-0.2, -0.15) is 0 Å². The highest BCUT2D eigenvalue weighted by Gasteiger charge is 2.30. The van der Waals surface area contributed by atoms with Crippen LogP contribution in [0.25, 0.3) is 0 Å². The summed E-state index contributed by atoms with van der Waals surface area (Å²) < 4.78 is 68.6. The molecular formula is C77H150O17P2. The van der Waals surface area contributed by atoms with E-state index < -0.39 is 97.5 Å². The molecule has 0 amide bonds. The molecule has 0 heterocycles. The van der Waals surface area contributed by atoms with Crippen LogP contribution in [0, 0.1) is 23.7 Å². The Morgan fingerprint density at radius 1 is 0.292 bits per heavy atom. The topological polar surface area (TPSA) is 237 Å². The van der Waals surface area contributed by atoms with Crippen molar-refractivity contribution in [2.24, 2.45) is 23.7 Å². The van der Waals surface area contributed by atoms with Gasteiger partial charge in [0, 0.05) is 25.7 Å². The number of ether oxygens (including phenoxy) is 4. The number of hydrogen-bond donors (Lipinski definition) is 3. The van der Waals surface area contributed by atoms with Gasteiger partial charge in [-0.05, 0) is 49.4 Å². The molecule has 0 aromatic rings. The van der Waals surface area contributed by atoms with Crippen molar-refractivity contribution in [3.8, 4) is 0 Å². The van der Waals surface area contributed by atoms with Gasteiger partial charge in [-0.3, -0.25) is 37.3 Å². The van der Waals surface area contributed by atoms with Crippen molar-refractivity contribution in [3.05, 3.63) is 0 Å². The number of rotatable bonds is 74. The number of phosphoric acid groups is 2. The molecule has 5 unspecified atom stereocenters. The van der Waals surface area contributed by atoms with Gasteiger partial charge in [0.25, 0.3) is 0 Å². The summed E-state index contributed by atoms with van der Waals surface area (Å²) in [6, 6.07) is 0. The van der Waals surface area contributed by atoms with Crippen LogP contribution in [0.1, 0.15) is 389 Å². The number of esters is 4. The van der Waals surface area contributed by atoms with Crippen LogP contribution < -0.4 is 0 Å². The maximum Gasteiger partial charge on any atom is 0.472 e. The van der Waals surface area contributed by atoms with Crippen molar-refractivity contribution in [1.82, 2.24) is 0 Å². The van der Waals surface area contributed by atoms with Gasteiger partial charge < -0.3 is 33.8 Å². The van der Waals surface area contributed by atoms with E-state index in [-0.39, 0.29) is 25.7 Å². The first kappa shape index (κ1) is 94.1. The Balaban J connectivity index is 5.25. The molecule has 96 heavy (non-hydrogen) atoms. The number of phosphoric ester groups is 2. The molecule has 0 aromatic carbocycles. The first-order valence-corrected chi connectivity index (χ1v) is 42.8. The maximum absolute atomic E-state index is 13.1. The molecule has 0 fully saturated rings. The molecule has 19 heteroatoms. The van der Waals surface area contributed by atoms with Gasteiger partial charge in [0.2, 0.25) is 0 Å². The molecule has 7 atom stereocenters. The molecule has 0 radical (unpaired) electrons. The van der Waals surface area contributed by atoms with Gasteiger partial charge in [0.05, 0.1) is 26.4 Å². The summed E-state index contributed by atoms with van der Waals surface area (Å²) in [7, 11) is -9.92. The highest BCUT2D eigenvalue weighted by Crippen LogP contribution is 2.45. The van der Waals surface area contributed by atoms with Gasteiger partial charge in [-0.25, -0.2) is 9.13 Å². The van der Waals surface area contributed by atoms with E-state index in [2.05, 4.69) is 55.4 Å². The van der Waals surface area contributed by atoms with E-state index >= 15 is 0 Å². The molecule has 3 N–H and O–H groups in total. The Hall–Kier alpha value is -1.94. The first-order valence-electron chi connectivity index (χ1n) is 39.8. The zero-order chi connectivity index (χ0) is 71.0. The van der Waals surface area contributed by atoms with Crippen molar-refractivity contribution < 1.29 is 80.2 Å². The van der Waals surface area contributed by atoms with Crippen molar-refractivity contribution >= 4 is 39.5 Å². The van der Waals surface area contributed by atoms with Gasteiger partial charge in [0.15, 0.2) is 12.2 Å². The van der Waals surface area contributed by atoms with Crippen LogP contribution in [0.5, 0.6) is 0 Å². The lowest BCUT2D eigenvalue weighted by Gasteiger charge is -2.21. The van der Waals surface area contributed by atoms with Crippen LogP contribution in [-0.2, 0) is 65.4 Å². The Labute approximate surface area is 588 Å². The number of carbonyl (C=O) groups excluding carboxylic acids is 4. The van der Waals surface area contributed by atoms with E-state index in [4.69, 9.17) is 37.0 Å². The minimum atomic E-state index is -4.96. The summed E-state index contributed by atoms with van der Waals surface area (Å²) in [5.74, 6) is 1.01. The lowest BCUT2D eigenvalue weighted by atomic mass is 9.99. The number of unbranched alkanes of at least 4 members (excludes halogenated alkanes) is 38. The van der Waals surface area contributed by atoms with E-state index in [1.807, 2.05) is 0 Å². The van der Waals surface area contributed by atoms with Crippen LogP contribution in [0.2, 0.25) is 0 Å². The number of carbonyl (C=O) groups is 4. The molecule has 0 aliphatic carbocycles. The third-order valence-electron chi connectivity index (χ3n) is 18.5. The maximum atomic E-state index is 13.1. The van der Waals surface area contributed by atoms with Crippen molar-refractivity contribution in [3.63, 3.8) is 0 Å². The van der Waals surface area contributed by atoms with Crippen LogP contribution >= 0.6 is 15.6 Å². The van der Waals surface area contributed by atoms with Crippen LogP contribution in [0.4, 0.5) is 0 Å². The normalized spacial score (nSPS) is 14.7. The van der Waals surface area contributed by atoms with Crippen molar-refractivity contribution in [1.29, 1.82) is 0 Å². The lowest BCUT2D eigenvalue weighted by molar-refractivity contribution is -0.161. The third kappa shape index (κ3) is 67.9. The van der Waals surface area contributed by atoms with E-state index in [1.165, 1.54) is 186 Å². The summed E-state index contributed by atoms with van der Waals surface area (Å²) in [6.07, 6.45) is 51.2. The summed E-state index contributed by atoms with van der Waals surface area (Å²) in [5.41, 5.74) is 0. The van der Waals surface area contributed by atoms with Gasteiger partial charge in [0.1, 0.15) is 19.3 Å². The first-order chi connectivity index (χ1) is 46.2. The number of hydrogen-bond acceptors (Lipinski definition) is 15. The van der Waals surface area contributed by atoms with E-state index in [0.29, 0.717) is 31.6 Å². The molecule has 570 valence electrons. The average molecular weight is 1410 g/mol. The van der Waals surface area contributed by atoms with Crippen molar-refractivity contribution in [2.75, 3.05) is 39.6 Å². The van der Waals surface area contributed by atoms with Gasteiger partial charge in [-0.15, -0.1) is 0 Å². The SMILES string of the molecule is CCC(C)CCCCCCCCCCCCCCCCC(=O)O[C@H](COC(=O)CCCCCCCCCC(C)C)COP(=O)(O)OCC(O)COP(=O)(O)OC[C@@H](COC(=O)CCCCCCCCCCCCC(C)CC)OC(=O)CCCCCCCCCCCCCC(C)C. The molecule has 0 spiro atoms. The highest BCUT2D eigenvalue weighted by molar-refractivity contribution is 7.47. The highest BCUT2D eigenvalue weighted by atomic mass is 31.2. The fourth-order valence-electron chi connectivity index (χ4n) is 11.7. The summed E-state index contributed by atoms with van der Waals surface area (Å²) in [4.78, 5) is 72.9. The molecular weight excluding hydrogens is 1260 g/mol. The van der Waals surface area contributed by atoms with Crippen LogP contribution in [0.3, 0.4) is 0 Å². The number of aliphatic hydroxyl groups is 1. The molecule has 0 saturated carbocycles. The molecule has 0 saturated heterocycles. The Morgan fingerprint density at radius 3 is 0.740 bits per heavy atom. The monoisotopic (exact) mass is 1410 g/mol. The Morgan fingerprint density at radius 2 is 0.500 bits per heavy atom. The fourth-order valence-corrected chi connectivity index (χ4v) is 13.2. The van der Waals surface area contributed by atoms with Gasteiger partial charge in [-0.1, -0.05) is 338 Å². The minimum absolute atomic E-state index is 0.106. The second-order valence-corrected chi connectivity index (χ2v) is 32.1. The quantitative estimate of drug-likeness (QED) is 0.0222. The van der Waals surface area contributed by atoms with Crippen LogP contribution in [0.15, 0.2) is 0 Å². The standard InChI is InChI=1S/C77H150O17P2/c1-9-69(7)55-47-39-31-23-17-13-11-12-14-18-26-34-43-51-59-76(81)94-73(64-88-75(80)58-50-42-36-28-30-38-46-54-68(5)6)66-92-96(85,86)90-62-71(78)61-89-95(83,84)91-65-72(93-77(82)60-52-44-35-27-19-15-16-22-29-37-45-53-67(3)4)63-87-74(79)57-49-41-33-25-21-20-24-32-40-48-56-70(8)10-2/h67-73,78H,9-66H2,1-8H3,(H,83,84)(H,85,86)/t69?,70?,71?,72-,73-/m1/s1. The smallest absolute Gasteiger partial charge is 0.462 e. The zero-order valence-corrected chi connectivity index (χ0v) is 64.8. The summed E-state index contributed by atoms with van der Waals surface area (Å²) in [6.45, 7) is 14.2. The molecule has 0 aliphatic rings. The molecule has 0 aliphatic heterocycles. The lowest BCUT2D eigenvalue weighted by Crippen LogP contribution is -2.30.